The first-order valence-corrected chi connectivity index (χ1v) is 5.27. The molecule has 0 atom stereocenters. The van der Waals surface area contributed by atoms with Gasteiger partial charge in [-0.05, 0) is 12.1 Å². The van der Waals surface area contributed by atoms with Gasteiger partial charge in [0.05, 0.1) is 25.5 Å². The van der Waals surface area contributed by atoms with Gasteiger partial charge in [0.2, 0.25) is 0 Å². The molecule has 6 nitrogen and oxygen atoms in total. The predicted octanol–water partition coefficient (Wildman–Crippen LogP) is 1.58. The molecule has 0 saturated carbocycles. The number of nitrogens with one attached hydrogen (secondary N) is 1. The number of hydrazone groups is 1. The van der Waals surface area contributed by atoms with E-state index >= 15 is 0 Å². The van der Waals surface area contributed by atoms with Crippen molar-refractivity contribution in [1.29, 1.82) is 0 Å². The molecule has 98 valence electrons. The molecule has 0 fully saturated rings. The van der Waals surface area contributed by atoms with Gasteiger partial charge in [-0.1, -0.05) is 0 Å². The molecule has 0 unspecified atom stereocenters. The maximum atomic E-state index is 11.5. The smallest absolute Gasteiger partial charge is 0.338 e. The zero-order chi connectivity index (χ0) is 13.7. The summed E-state index contributed by atoms with van der Waals surface area (Å²) >= 11 is 0. The van der Waals surface area contributed by atoms with Crippen LogP contribution in [0.25, 0.3) is 0 Å². The van der Waals surface area contributed by atoms with E-state index in [1.54, 1.807) is 31.2 Å². The van der Waals surface area contributed by atoms with E-state index in [-0.39, 0.29) is 0 Å². The monoisotopic (exact) mass is 251 g/mol. The first-order chi connectivity index (χ1) is 8.58. The van der Waals surface area contributed by atoms with Crippen LogP contribution in [0.3, 0.4) is 0 Å². The van der Waals surface area contributed by atoms with E-state index in [2.05, 4.69) is 17.1 Å². The molecule has 6 heteroatoms. The number of hydrogen-bond donors (Lipinski definition) is 1. The first-order valence-electron chi connectivity index (χ1n) is 5.27. The summed E-state index contributed by atoms with van der Waals surface area (Å²) in [4.78, 5) is 11.5. The van der Waals surface area contributed by atoms with E-state index in [4.69, 9.17) is 9.47 Å². The molecule has 0 spiro atoms. The lowest BCUT2D eigenvalue weighted by Crippen LogP contribution is -2.13. The quantitative estimate of drug-likeness (QED) is 0.489. The van der Waals surface area contributed by atoms with E-state index in [0.717, 1.165) is 0 Å². The minimum Gasteiger partial charge on any atom is -0.494 e. The summed E-state index contributed by atoms with van der Waals surface area (Å²) in [5, 5.41) is 8.37. The average Bonchev–Trinajstić information content (AvgIpc) is 2.43. The number of nitrogens with zero attached hydrogens (tertiary/aromatic N) is 2. The van der Waals surface area contributed by atoms with Crippen LogP contribution in [0.5, 0.6) is 5.75 Å². The maximum Gasteiger partial charge on any atom is 0.338 e. The van der Waals surface area contributed by atoms with Gasteiger partial charge in [-0.2, -0.15) is 5.10 Å². The van der Waals surface area contributed by atoms with Crippen molar-refractivity contribution in [2.24, 2.45) is 5.10 Å². The highest BCUT2D eigenvalue weighted by molar-refractivity contribution is 5.94. The number of benzene rings is 1. The number of anilines is 2. The fourth-order valence-corrected chi connectivity index (χ4v) is 1.59. The Morgan fingerprint density at radius 2 is 2.11 bits per heavy atom. The van der Waals surface area contributed by atoms with Crippen molar-refractivity contribution in [3.63, 3.8) is 0 Å². The van der Waals surface area contributed by atoms with Crippen LogP contribution in [0.1, 0.15) is 10.4 Å². The van der Waals surface area contributed by atoms with Crippen LogP contribution in [0, 0.1) is 0 Å². The second-order valence-electron chi connectivity index (χ2n) is 3.48. The molecule has 1 N–H and O–H groups in total. The molecule has 18 heavy (non-hydrogen) atoms. The Morgan fingerprint density at radius 3 is 2.56 bits per heavy atom. The number of methoxy groups -OCH3 is 2. The van der Waals surface area contributed by atoms with Crippen LogP contribution < -0.4 is 15.1 Å². The normalized spacial score (nSPS) is 9.56. The SMILES string of the molecule is C=NN(C)c1c(NC)cc(C(=O)OC)cc1OC. The molecule has 0 heterocycles. The largest absolute Gasteiger partial charge is 0.494 e. The second-order valence-corrected chi connectivity index (χ2v) is 3.48. The minimum atomic E-state index is -0.425. The molecule has 1 rings (SSSR count). The third-order valence-corrected chi connectivity index (χ3v) is 2.52. The van der Waals surface area contributed by atoms with Crippen LogP contribution in [0.2, 0.25) is 0 Å². The fourth-order valence-electron chi connectivity index (χ4n) is 1.59. The topological polar surface area (TPSA) is 63.2 Å². The molecule has 1 aromatic rings. The highest BCUT2D eigenvalue weighted by Crippen LogP contribution is 2.37. The van der Waals surface area contributed by atoms with E-state index in [1.807, 2.05) is 0 Å². The van der Waals surface area contributed by atoms with Gasteiger partial charge in [0.15, 0.2) is 0 Å². The zero-order valence-corrected chi connectivity index (χ0v) is 11.0. The van der Waals surface area contributed by atoms with E-state index < -0.39 is 5.97 Å². The molecule has 0 aromatic heterocycles. The number of hydrogen-bond acceptors (Lipinski definition) is 6. The zero-order valence-electron chi connectivity index (χ0n) is 11.0. The number of carbonyl (C=O) groups is 1. The van der Waals surface area contributed by atoms with Crippen molar-refractivity contribution in [2.45, 2.75) is 0 Å². The van der Waals surface area contributed by atoms with Crippen molar-refractivity contribution >= 4 is 24.1 Å². The number of ether oxygens (including phenoxy) is 2. The van der Waals surface area contributed by atoms with Crippen LogP contribution in [0.15, 0.2) is 17.2 Å². The Morgan fingerprint density at radius 1 is 1.44 bits per heavy atom. The summed E-state index contributed by atoms with van der Waals surface area (Å²) in [5.41, 5.74) is 1.80. The van der Waals surface area contributed by atoms with Gasteiger partial charge in [-0.15, -0.1) is 0 Å². The average molecular weight is 251 g/mol. The van der Waals surface area contributed by atoms with Crippen LogP contribution in [0.4, 0.5) is 11.4 Å². The lowest BCUT2D eigenvalue weighted by Gasteiger charge is -2.20. The van der Waals surface area contributed by atoms with Gasteiger partial charge < -0.3 is 14.8 Å². The van der Waals surface area contributed by atoms with Gasteiger partial charge >= 0.3 is 5.97 Å². The molecule has 0 bridgehead atoms. The highest BCUT2D eigenvalue weighted by Gasteiger charge is 2.17. The Labute approximate surface area is 106 Å². The third kappa shape index (κ3) is 2.53. The van der Waals surface area contributed by atoms with Crippen molar-refractivity contribution < 1.29 is 14.3 Å². The van der Waals surface area contributed by atoms with Crippen molar-refractivity contribution in [2.75, 3.05) is 38.6 Å². The minimum absolute atomic E-state index is 0.403. The molecule has 0 amide bonds. The van der Waals surface area contributed by atoms with Crippen molar-refractivity contribution in [3.05, 3.63) is 17.7 Å². The molecule has 1 aromatic carbocycles. The molecular weight excluding hydrogens is 234 g/mol. The molecule has 0 aliphatic carbocycles. The van der Waals surface area contributed by atoms with E-state index in [9.17, 15) is 4.79 Å². The summed E-state index contributed by atoms with van der Waals surface area (Å²) in [6.45, 7) is 3.46. The maximum absolute atomic E-state index is 11.5. The molecular formula is C12H17N3O3. The van der Waals surface area contributed by atoms with Crippen LogP contribution >= 0.6 is 0 Å². The summed E-state index contributed by atoms with van der Waals surface area (Å²) in [5.74, 6) is 0.0858. The Bertz CT molecular complexity index is 435. The number of carbonyl (C=O) groups excluding carboxylic acids is 1. The second kappa shape index (κ2) is 5.90. The Hall–Kier alpha value is -2.24. The molecule has 0 aliphatic rings. The molecule has 0 radical (unpaired) electrons. The molecule has 0 saturated heterocycles. The lowest BCUT2D eigenvalue weighted by molar-refractivity contribution is 0.0600. The lowest BCUT2D eigenvalue weighted by atomic mass is 10.1. The van der Waals surface area contributed by atoms with Gasteiger partial charge in [0, 0.05) is 20.8 Å². The van der Waals surface area contributed by atoms with Gasteiger partial charge in [-0.25, -0.2) is 4.79 Å². The predicted molar refractivity (Wildman–Crippen MR) is 71.8 cm³/mol. The van der Waals surface area contributed by atoms with Crippen LogP contribution in [-0.4, -0.2) is 41.0 Å². The van der Waals surface area contributed by atoms with E-state index in [0.29, 0.717) is 22.7 Å². The Balaban J connectivity index is 3.43. The van der Waals surface area contributed by atoms with Gasteiger partial charge in [0.1, 0.15) is 11.4 Å². The summed E-state index contributed by atoms with van der Waals surface area (Å²) in [6, 6.07) is 3.27. The van der Waals surface area contributed by atoms with Crippen molar-refractivity contribution in [1.82, 2.24) is 0 Å². The third-order valence-electron chi connectivity index (χ3n) is 2.52. The van der Waals surface area contributed by atoms with Gasteiger partial charge in [-0.3, -0.25) is 5.01 Å². The number of rotatable bonds is 5. The summed E-state index contributed by atoms with van der Waals surface area (Å²) < 4.78 is 9.96. The summed E-state index contributed by atoms with van der Waals surface area (Å²) in [7, 11) is 6.34. The fraction of sp³-hybridized carbons (Fsp3) is 0.333. The van der Waals surface area contributed by atoms with Gasteiger partial charge in [0.25, 0.3) is 0 Å². The highest BCUT2D eigenvalue weighted by atomic mass is 16.5. The van der Waals surface area contributed by atoms with Crippen LogP contribution in [-0.2, 0) is 4.74 Å². The van der Waals surface area contributed by atoms with E-state index in [1.165, 1.54) is 14.2 Å². The Kier molecular flexibility index (Phi) is 4.53. The summed E-state index contributed by atoms with van der Waals surface area (Å²) in [6.07, 6.45) is 0. The standard InChI is InChI=1S/C12H17N3O3/c1-13-9-6-8(12(16)18-5)7-10(17-4)11(9)15(3)14-2/h6-7,13H,2H2,1,3-5H3. The first kappa shape index (κ1) is 13.8. The molecule has 0 aliphatic heterocycles. The number of esters is 1. The van der Waals surface area contributed by atoms with Crippen molar-refractivity contribution in [3.8, 4) is 5.75 Å².